The lowest BCUT2D eigenvalue weighted by molar-refractivity contribution is -0.136. The highest BCUT2D eigenvalue weighted by Crippen LogP contribution is 2.36. The molecule has 3 unspecified atom stereocenters. The molecule has 5 rings (SSSR count). The Morgan fingerprint density at radius 3 is 2.70 bits per heavy atom. The molecule has 0 radical (unpaired) electrons. The zero-order chi connectivity index (χ0) is 26.1. The number of rotatable bonds is 5. The van der Waals surface area contributed by atoms with Crippen molar-refractivity contribution in [2.24, 2.45) is 0 Å². The van der Waals surface area contributed by atoms with E-state index in [2.05, 4.69) is 15.2 Å². The predicted octanol–water partition coefficient (Wildman–Crippen LogP) is 4.09. The van der Waals surface area contributed by atoms with Gasteiger partial charge in [0.05, 0.1) is 31.1 Å². The Morgan fingerprint density at radius 1 is 1.16 bits per heavy atom. The van der Waals surface area contributed by atoms with Gasteiger partial charge in [0.25, 0.3) is 5.91 Å². The number of ether oxygens (including phenoxy) is 1. The molecule has 0 spiro atoms. The molecule has 8 nitrogen and oxygen atoms in total. The van der Waals surface area contributed by atoms with Gasteiger partial charge in [-0.25, -0.2) is 4.98 Å². The van der Waals surface area contributed by atoms with Gasteiger partial charge >= 0.3 is 0 Å². The van der Waals surface area contributed by atoms with Gasteiger partial charge in [-0.05, 0) is 53.1 Å². The molecular formula is C27H27ClN4O4S. The standard InChI is InChI=1S/C27H27ClN4O4S/c1-17(33)32-15-19-13-22(37(2)35)7-8-23(19)26(32)27(34)30-21-6-9-25(29-14-21)31-10-11-36-16-24(31)18-4-3-5-20(28)12-18/h3-9,12-14,24,26H,10-11,15-16H2,1-2H3,(H,30,34). The van der Waals surface area contributed by atoms with Crippen LogP contribution in [0, 0.1) is 0 Å². The first-order valence-corrected chi connectivity index (χ1v) is 13.9. The topological polar surface area (TPSA) is 91.8 Å². The van der Waals surface area contributed by atoms with Gasteiger partial charge in [-0.3, -0.25) is 13.8 Å². The third-order valence-electron chi connectivity index (χ3n) is 6.72. The minimum Gasteiger partial charge on any atom is -0.377 e. The van der Waals surface area contributed by atoms with E-state index in [0.29, 0.717) is 41.9 Å². The Labute approximate surface area is 223 Å². The van der Waals surface area contributed by atoms with Crippen molar-refractivity contribution in [3.05, 3.63) is 82.5 Å². The van der Waals surface area contributed by atoms with Gasteiger partial charge in [0.2, 0.25) is 5.91 Å². The molecule has 0 saturated carbocycles. The number of hydrogen-bond acceptors (Lipinski definition) is 6. The molecule has 1 N–H and O–H groups in total. The zero-order valence-corrected chi connectivity index (χ0v) is 22.1. The van der Waals surface area contributed by atoms with E-state index >= 15 is 0 Å². The molecule has 10 heteroatoms. The van der Waals surface area contributed by atoms with E-state index in [9.17, 15) is 13.8 Å². The number of aromatic nitrogens is 1. The lowest BCUT2D eigenvalue weighted by Crippen LogP contribution is -2.40. The summed E-state index contributed by atoms with van der Waals surface area (Å²) in [4.78, 5) is 34.6. The van der Waals surface area contributed by atoms with Crippen molar-refractivity contribution in [3.8, 4) is 0 Å². The van der Waals surface area contributed by atoms with Crippen LogP contribution < -0.4 is 10.2 Å². The molecule has 0 aliphatic carbocycles. The number of pyridine rings is 1. The van der Waals surface area contributed by atoms with Crippen molar-refractivity contribution in [2.45, 2.75) is 30.4 Å². The molecule has 0 bridgehead atoms. The number of carbonyl (C=O) groups is 2. The average molecular weight is 539 g/mol. The summed E-state index contributed by atoms with van der Waals surface area (Å²) in [6.07, 6.45) is 3.23. The van der Waals surface area contributed by atoms with Crippen LogP contribution in [0.15, 0.2) is 65.7 Å². The Kier molecular flexibility index (Phi) is 7.28. The fourth-order valence-corrected chi connectivity index (χ4v) is 5.66. The summed E-state index contributed by atoms with van der Waals surface area (Å²) < 4.78 is 17.6. The summed E-state index contributed by atoms with van der Waals surface area (Å²) in [5.74, 6) is 0.239. The van der Waals surface area contributed by atoms with Crippen LogP contribution in [0.5, 0.6) is 0 Å². The molecule has 37 heavy (non-hydrogen) atoms. The molecule has 1 saturated heterocycles. The van der Waals surface area contributed by atoms with Crippen molar-refractivity contribution < 1.29 is 18.5 Å². The van der Waals surface area contributed by atoms with E-state index in [1.807, 2.05) is 42.5 Å². The Morgan fingerprint density at radius 2 is 2.00 bits per heavy atom. The first kappa shape index (κ1) is 25.4. The van der Waals surface area contributed by atoms with E-state index in [0.717, 1.165) is 22.5 Å². The molecular weight excluding hydrogens is 512 g/mol. The fraction of sp³-hybridized carbons (Fsp3) is 0.296. The molecule has 1 aromatic heterocycles. The van der Waals surface area contributed by atoms with Crippen molar-refractivity contribution in [1.82, 2.24) is 9.88 Å². The van der Waals surface area contributed by atoms with Gasteiger partial charge in [-0.15, -0.1) is 0 Å². The number of amides is 2. The summed E-state index contributed by atoms with van der Waals surface area (Å²) in [5.41, 5.74) is 3.15. The van der Waals surface area contributed by atoms with Gasteiger partial charge in [0.15, 0.2) is 0 Å². The highest BCUT2D eigenvalue weighted by Gasteiger charge is 2.37. The molecule has 2 aliphatic rings. The maximum Gasteiger partial charge on any atom is 0.251 e. The smallest absolute Gasteiger partial charge is 0.251 e. The minimum absolute atomic E-state index is 0.0261. The van der Waals surface area contributed by atoms with Crippen LogP contribution in [-0.2, 0) is 31.7 Å². The van der Waals surface area contributed by atoms with Crippen LogP contribution in [0.25, 0.3) is 0 Å². The lowest BCUT2D eigenvalue weighted by atomic mass is 10.0. The predicted molar refractivity (Wildman–Crippen MR) is 143 cm³/mol. The second-order valence-electron chi connectivity index (χ2n) is 9.10. The van der Waals surface area contributed by atoms with Crippen molar-refractivity contribution >= 4 is 45.7 Å². The molecule has 2 aliphatic heterocycles. The van der Waals surface area contributed by atoms with Gasteiger partial charge in [-0.1, -0.05) is 29.8 Å². The van der Waals surface area contributed by atoms with Crippen LogP contribution in [0.2, 0.25) is 5.02 Å². The Bertz CT molecular complexity index is 1370. The van der Waals surface area contributed by atoms with E-state index in [1.54, 1.807) is 24.6 Å². The van der Waals surface area contributed by atoms with Crippen LogP contribution in [0.3, 0.4) is 0 Å². The van der Waals surface area contributed by atoms with E-state index in [4.69, 9.17) is 16.3 Å². The monoisotopic (exact) mass is 538 g/mol. The zero-order valence-electron chi connectivity index (χ0n) is 20.5. The third kappa shape index (κ3) is 5.25. The van der Waals surface area contributed by atoms with Crippen molar-refractivity contribution in [1.29, 1.82) is 0 Å². The number of hydrogen-bond donors (Lipinski definition) is 1. The normalized spacial score (nSPS) is 19.9. The summed E-state index contributed by atoms with van der Waals surface area (Å²) in [7, 11) is -1.15. The molecule has 3 atom stereocenters. The Hall–Kier alpha value is -3.27. The summed E-state index contributed by atoms with van der Waals surface area (Å²) >= 11 is 6.21. The molecule has 2 aromatic carbocycles. The van der Waals surface area contributed by atoms with E-state index < -0.39 is 16.8 Å². The number of fused-ring (bicyclic) bond motifs is 1. The molecule has 3 aromatic rings. The van der Waals surface area contributed by atoms with E-state index in [1.165, 1.54) is 11.8 Å². The number of carbonyl (C=O) groups excluding carboxylic acids is 2. The fourth-order valence-electron chi connectivity index (χ4n) is 4.89. The van der Waals surface area contributed by atoms with Crippen LogP contribution >= 0.6 is 11.6 Å². The summed E-state index contributed by atoms with van der Waals surface area (Å²) in [6.45, 7) is 3.53. The third-order valence-corrected chi connectivity index (χ3v) is 7.87. The Balaban J connectivity index is 1.35. The maximum atomic E-state index is 13.3. The SMILES string of the molecule is CC(=O)N1Cc2cc(S(C)=O)ccc2C1C(=O)Nc1ccc(N2CCOCC2c2cccc(Cl)c2)nc1. The lowest BCUT2D eigenvalue weighted by Gasteiger charge is -2.37. The van der Waals surface area contributed by atoms with Crippen molar-refractivity contribution in [2.75, 3.05) is 36.2 Å². The second kappa shape index (κ2) is 10.6. The highest BCUT2D eigenvalue weighted by atomic mass is 35.5. The largest absolute Gasteiger partial charge is 0.377 e. The molecule has 192 valence electrons. The number of nitrogens with zero attached hydrogens (tertiary/aromatic N) is 3. The summed E-state index contributed by atoms with van der Waals surface area (Å²) in [6, 6.07) is 15.9. The van der Waals surface area contributed by atoms with Crippen molar-refractivity contribution in [3.63, 3.8) is 0 Å². The highest BCUT2D eigenvalue weighted by molar-refractivity contribution is 7.84. The molecule has 2 amide bonds. The number of halogens is 1. The quantitative estimate of drug-likeness (QED) is 0.526. The van der Waals surface area contributed by atoms with E-state index in [-0.39, 0.29) is 17.9 Å². The average Bonchev–Trinajstić information content (AvgIpc) is 3.29. The van der Waals surface area contributed by atoms with Gasteiger partial charge in [0.1, 0.15) is 11.9 Å². The van der Waals surface area contributed by atoms with Crippen LogP contribution in [-0.4, -0.2) is 51.9 Å². The number of benzene rings is 2. The van der Waals surface area contributed by atoms with Gasteiger partial charge in [-0.2, -0.15) is 0 Å². The first-order valence-electron chi connectivity index (χ1n) is 11.9. The summed E-state index contributed by atoms with van der Waals surface area (Å²) in [5, 5.41) is 3.58. The number of nitrogens with one attached hydrogen (secondary N) is 1. The van der Waals surface area contributed by atoms with Crippen LogP contribution in [0.1, 0.15) is 35.7 Å². The van der Waals surface area contributed by atoms with Gasteiger partial charge < -0.3 is 19.9 Å². The minimum atomic E-state index is -1.15. The first-order chi connectivity index (χ1) is 17.8. The van der Waals surface area contributed by atoms with Gasteiger partial charge in [0, 0.05) is 47.0 Å². The number of anilines is 2. The number of morpholine rings is 1. The second-order valence-corrected chi connectivity index (χ2v) is 10.9. The molecule has 1 fully saturated rings. The molecule has 3 heterocycles. The van der Waals surface area contributed by atoms with Crippen LogP contribution in [0.4, 0.5) is 11.5 Å². The maximum absolute atomic E-state index is 13.3.